The number of rotatable bonds is 4. The SMILES string of the molecule is CC(C)(C)OC(=O)N(C(=O)OC(C)(C)C)[C@@H]1CC[C@@H]1NC(=O)OCc1ccccc1. The van der Waals surface area contributed by atoms with Crippen LogP contribution in [0.5, 0.6) is 0 Å². The van der Waals surface area contributed by atoms with Crippen LogP contribution in [0.4, 0.5) is 14.4 Å². The Kier molecular flexibility index (Phi) is 7.34. The molecule has 0 aliphatic heterocycles. The molecule has 0 saturated heterocycles. The van der Waals surface area contributed by atoms with Crippen LogP contribution in [0.25, 0.3) is 0 Å². The minimum absolute atomic E-state index is 0.131. The maximum absolute atomic E-state index is 12.7. The van der Waals surface area contributed by atoms with E-state index in [-0.39, 0.29) is 6.61 Å². The van der Waals surface area contributed by atoms with Crippen molar-refractivity contribution < 1.29 is 28.6 Å². The molecule has 3 amide bonds. The molecule has 1 fully saturated rings. The molecule has 1 aromatic rings. The van der Waals surface area contributed by atoms with E-state index in [9.17, 15) is 14.4 Å². The number of benzene rings is 1. The number of imide groups is 1. The first-order valence-corrected chi connectivity index (χ1v) is 10.1. The normalized spacial score (nSPS) is 18.6. The molecular weight excluding hydrogens is 388 g/mol. The first kappa shape index (κ1) is 23.5. The highest BCUT2D eigenvalue weighted by atomic mass is 16.6. The summed E-state index contributed by atoms with van der Waals surface area (Å²) >= 11 is 0. The standard InChI is InChI=1S/C22H32N2O6/c1-21(2,3)29-19(26)24(20(27)30-22(4,5)6)17-13-12-16(17)23-18(25)28-14-15-10-8-7-9-11-15/h7-11,16-17H,12-14H2,1-6H3,(H,23,25)/t16-,17+/m0/s1. The van der Waals surface area contributed by atoms with Gasteiger partial charge >= 0.3 is 18.3 Å². The van der Waals surface area contributed by atoms with Crippen molar-refractivity contribution in [3.8, 4) is 0 Å². The topological polar surface area (TPSA) is 94.2 Å². The fourth-order valence-electron chi connectivity index (χ4n) is 2.84. The van der Waals surface area contributed by atoms with Gasteiger partial charge in [0.2, 0.25) is 0 Å². The maximum Gasteiger partial charge on any atom is 0.420 e. The second-order valence-electron chi connectivity index (χ2n) is 9.29. The van der Waals surface area contributed by atoms with Crippen LogP contribution >= 0.6 is 0 Å². The van der Waals surface area contributed by atoms with Gasteiger partial charge in [0.25, 0.3) is 0 Å². The summed E-state index contributed by atoms with van der Waals surface area (Å²) in [6.07, 6.45) is -1.08. The Morgan fingerprint density at radius 2 is 1.47 bits per heavy atom. The average molecular weight is 421 g/mol. The van der Waals surface area contributed by atoms with Crippen LogP contribution in [0.3, 0.4) is 0 Å². The Balaban J connectivity index is 2.03. The molecule has 0 bridgehead atoms. The van der Waals surface area contributed by atoms with Gasteiger partial charge in [0.05, 0.1) is 12.1 Å². The molecule has 30 heavy (non-hydrogen) atoms. The van der Waals surface area contributed by atoms with Crippen LogP contribution in [-0.2, 0) is 20.8 Å². The lowest BCUT2D eigenvalue weighted by atomic mass is 9.85. The van der Waals surface area contributed by atoms with Gasteiger partial charge < -0.3 is 19.5 Å². The second kappa shape index (κ2) is 9.36. The number of alkyl carbamates (subject to hydrolysis) is 1. The fourth-order valence-corrected chi connectivity index (χ4v) is 2.84. The molecule has 0 aromatic heterocycles. The van der Waals surface area contributed by atoms with Gasteiger partial charge in [-0.2, -0.15) is 0 Å². The molecule has 0 spiro atoms. The number of amides is 3. The molecule has 0 radical (unpaired) electrons. The zero-order valence-electron chi connectivity index (χ0n) is 18.6. The van der Waals surface area contributed by atoms with Crippen molar-refractivity contribution in [2.75, 3.05) is 0 Å². The van der Waals surface area contributed by atoms with Gasteiger partial charge in [-0.1, -0.05) is 30.3 Å². The predicted molar refractivity (Wildman–Crippen MR) is 111 cm³/mol. The van der Waals surface area contributed by atoms with Gasteiger partial charge in [0, 0.05) is 0 Å². The summed E-state index contributed by atoms with van der Waals surface area (Å²) in [5.74, 6) is 0. The van der Waals surface area contributed by atoms with E-state index in [0.29, 0.717) is 12.8 Å². The summed E-state index contributed by atoms with van der Waals surface area (Å²) in [5.41, 5.74) is -0.695. The van der Waals surface area contributed by atoms with E-state index in [1.165, 1.54) is 0 Å². The van der Waals surface area contributed by atoms with Gasteiger partial charge in [-0.05, 0) is 59.9 Å². The van der Waals surface area contributed by atoms with Crippen molar-refractivity contribution in [2.45, 2.75) is 84.3 Å². The van der Waals surface area contributed by atoms with Crippen molar-refractivity contribution in [3.63, 3.8) is 0 Å². The van der Waals surface area contributed by atoms with E-state index in [0.717, 1.165) is 10.5 Å². The lowest BCUT2D eigenvalue weighted by Gasteiger charge is -2.43. The van der Waals surface area contributed by atoms with Crippen molar-refractivity contribution in [2.24, 2.45) is 0 Å². The fraction of sp³-hybridized carbons (Fsp3) is 0.591. The highest BCUT2D eigenvalue weighted by Gasteiger charge is 2.45. The average Bonchev–Trinajstić information content (AvgIpc) is 2.59. The molecule has 8 heteroatoms. The van der Waals surface area contributed by atoms with Crippen molar-refractivity contribution in [3.05, 3.63) is 35.9 Å². The third-order valence-corrected chi connectivity index (χ3v) is 4.27. The smallest absolute Gasteiger partial charge is 0.420 e. The van der Waals surface area contributed by atoms with E-state index in [1.54, 1.807) is 41.5 Å². The first-order chi connectivity index (χ1) is 13.9. The molecule has 1 aliphatic carbocycles. The van der Waals surface area contributed by atoms with Crippen LogP contribution in [0.2, 0.25) is 0 Å². The van der Waals surface area contributed by atoms with Crippen molar-refractivity contribution in [1.82, 2.24) is 10.2 Å². The van der Waals surface area contributed by atoms with Crippen LogP contribution in [0, 0.1) is 0 Å². The predicted octanol–water partition coefficient (Wildman–Crippen LogP) is 4.62. The monoisotopic (exact) mass is 420 g/mol. The first-order valence-electron chi connectivity index (χ1n) is 10.1. The van der Waals surface area contributed by atoms with E-state index >= 15 is 0 Å². The summed E-state index contributed by atoms with van der Waals surface area (Å²) in [7, 11) is 0. The number of ether oxygens (including phenoxy) is 3. The summed E-state index contributed by atoms with van der Waals surface area (Å²) < 4.78 is 16.0. The highest BCUT2D eigenvalue weighted by Crippen LogP contribution is 2.29. The molecule has 1 saturated carbocycles. The van der Waals surface area contributed by atoms with Gasteiger partial charge in [-0.15, -0.1) is 0 Å². The number of nitrogens with one attached hydrogen (secondary N) is 1. The summed E-state index contributed by atoms with van der Waals surface area (Å²) in [5, 5.41) is 2.73. The number of carbonyl (C=O) groups excluding carboxylic acids is 3. The lowest BCUT2D eigenvalue weighted by molar-refractivity contribution is -0.0212. The Morgan fingerprint density at radius 1 is 0.933 bits per heavy atom. The molecular formula is C22H32N2O6. The molecule has 0 heterocycles. The van der Waals surface area contributed by atoms with Gasteiger partial charge in [0.1, 0.15) is 17.8 Å². The molecule has 2 rings (SSSR count). The highest BCUT2D eigenvalue weighted by molar-refractivity contribution is 5.89. The largest absolute Gasteiger partial charge is 0.445 e. The van der Waals surface area contributed by atoms with Crippen molar-refractivity contribution in [1.29, 1.82) is 0 Å². The maximum atomic E-state index is 12.7. The minimum Gasteiger partial charge on any atom is -0.445 e. The summed E-state index contributed by atoms with van der Waals surface area (Å²) in [6, 6.07) is 8.30. The molecule has 0 unspecified atom stereocenters. The van der Waals surface area contributed by atoms with E-state index in [1.807, 2.05) is 30.3 Å². The van der Waals surface area contributed by atoms with Crippen LogP contribution in [0.15, 0.2) is 30.3 Å². The van der Waals surface area contributed by atoms with Crippen LogP contribution in [-0.4, -0.2) is 46.5 Å². The Labute approximate surface area is 177 Å². The summed E-state index contributed by atoms with van der Waals surface area (Å²) in [6.45, 7) is 10.4. The second-order valence-corrected chi connectivity index (χ2v) is 9.29. The van der Waals surface area contributed by atoms with E-state index < -0.39 is 41.6 Å². The Morgan fingerprint density at radius 3 is 1.90 bits per heavy atom. The number of carbonyl (C=O) groups is 3. The van der Waals surface area contributed by atoms with Gasteiger partial charge in [0.15, 0.2) is 0 Å². The van der Waals surface area contributed by atoms with E-state index in [2.05, 4.69) is 5.32 Å². The minimum atomic E-state index is -0.800. The van der Waals surface area contributed by atoms with Crippen LogP contribution in [0.1, 0.15) is 59.9 Å². The zero-order valence-corrected chi connectivity index (χ0v) is 18.6. The molecule has 2 atom stereocenters. The van der Waals surface area contributed by atoms with E-state index in [4.69, 9.17) is 14.2 Å². The quantitative estimate of drug-likeness (QED) is 0.715. The number of hydrogen-bond acceptors (Lipinski definition) is 6. The number of nitrogens with zero attached hydrogens (tertiary/aromatic N) is 1. The van der Waals surface area contributed by atoms with Gasteiger partial charge in [-0.25, -0.2) is 19.3 Å². The summed E-state index contributed by atoms with van der Waals surface area (Å²) in [4.78, 5) is 38.6. The van der Waals surface area contributed by atoms with Crippen LogP contribution < -0.4 is 5.32 Å². The molecule has 8 nitrogen and oxygen atoms in total. The van der Waals surface area contributed by atoms with Gasteiger partial charge in [-0.3, -0.25) is 0 Å². The Hall–Kier alpha value is -2.77. The third kappa shape index (κ3) is 7.24. The lowest BCUT2D eigenvalue weighted by Crippen LogP contribution is -2.62. The molecule has 1 aromatic carbocycles. The third-order valence-electron chi connectivity index (χ3n) is 4.27. The van der Waals surface area contributed by atoms with Crippen molar-refractivity contribution >= 4 is 18.3 Å². The number of hydrogen-bond donors (Lipinski definition) is 1. The Bertz CT molecular complexity index is 723. The molecule has 166 valence electrons. The zero-order chi connectivity index (χ0) is 22.5. The molecule has 1 N–H and O–H groups in total. The molecule has 1 aliphatic rings.